The van der Waals surface area contributed by atoms with Gasteiger partial charge in [0.05, 0.1) is 18.0 Å². The Morgan fingerprint density at radius 1 is 1.21 bits per heavy atom. The van der Waals surface area contributed by atoms with Crippen LogP contribution >= 0.6 is 0 Å². The lowest BCUT2D eigenvalue weighted by Gasteiger charge is -2.46. The van der Waals surface area contributed by atoms with Crippen LogP contribution in [-0.2, 0) is 11.2 Å². The van der Waals surface area contributed by atoms with Gasteiger partial charge < -0.3 is 14.2 Å². The second-order valence-electron chi connectivity index (χ2n) is 8.15. The molecule has 0 saturated carbocycles. The van der Waals surface area contributed by atoms with Gasteiger partial charge in [0.2, 0.25) is 5.91 Å². The second-order valence-corrected chi connectivity index (χ2v) is 8.15. The molecule has 3 heterocycles. The van der Waals surface area contributed by atoms with Crippen LogP contribution in [0.2, 0.25) is 0 Å². The Kier molecular flexibility index (Phi) is 5.46. The van der Waals surface area contributed by atoms with E-state index in [4.69, 9.17) is 4.42 Å². The standard InChI is InChI=1S/C23H29N3O3/c1-3-17(2)26-21(27)19(16-18-8-5-4-6-9-18)24-23(26)11-13-25(14-12-23)22(28)20-10-7-15-29-20/h4-10,15,17,19,24H,3,11-14,16H2,1-2H3. The normalized spacial score (nSPS) is 22.3. The van der Waals surface area contributed by atoms with Crippen molar-refractivity contribution < 1.29 is 14.0 Å². The molecule has 1 aromatic heterocycles. The molecular weight excluding hydrogens is 366 g/mol. The van der Waals surface area contributed by atoms with Crippen molar-refractivity contribution in [1.29, 1.82) is 0 Å². The van der Waals surface area contributed by atoms with E-state index in [1.165, 1.54) is 6.26 Å². The van der Waals surface area contributed by atoms with Crippen LogP contribution in [0.4, 0.5) is 0 Å². The third-order valence-electron chi connectivity index (χ3n) is 6.36. The van der Waals surface area contributed by atoms with Crippen molar-refractivity contribution in [3.63, 3.8) is 0 Å². The van der Waals surface area contributed by atoms with E-state index in [2.05, 4.69) is 36.2 Å². The van der Waals surface area contributed by atoms with Crippen molar-refractivity contribution >= 4 is 11.8 Å². The Hall–Kier alpha value is -2.60. The third kappa shape index (κ3) is 3.69. The summed E-state index contributed by atoms with van der Waals surface area (Å²) in [6.45, 7) is 5.44. The van der Waals surface area contributed by atoms with Gasteiger partial charge in [-0.25, -0.2) is 0 Å². The van der Waals surface area contributed by atoms with Gasteiger partial charge in [-0.05, 0) is 37.5 Å². The first-order valence-corrected chi connectivity index (χ1v) is 10.5. The van der Waals surface area contributed by atoms with Crippen LogP contribution < -0.4 is 5.32 Å². The summed E-state index contributed by atoms with van der Waals surface area (Å²) in [4.78, 5) is 29.9. The molecule has 1 aromatic carbocycles. The van der Waals surface area contributed by atoms with Gasteiger partial charge in [-0.3, -0.25) is 14.9 Å². The molecule has 0 aliphatic carbocycles. The molecule has 6 heteroatoms. The fourth-order valence-corrected chi connectivity index (χ4v) is 4.67. The molecule has 6 nitrogen and oxygen atoms in total. The minimum absolute atomic E-state index is 0.0786. The van der Waals surface area contributed by atoms with Crippen molar-refractivity contribution in [2.45, 2.75) is 57.3 Å². The van der Waals surface area contributed by atoms with E-state index in [0.717, 1.165) is 24.8 Å². The molecule has 4 rings (SSSR count). The predicted octanol–water partition coefficient (Wildman–Crippen LogP) is 3.05. The van der Waals surface area contributed by atoms with Crippen molar-refractivity contribution in [3.8, 4) is 0 Å². The number of piperidine rings is 1. The average Bonchev–Trinajstić information content (AvgIpc) is 3.36. The van der Waals surface area contributed by atoms with Gasteiger partial charge in [0.1, 0.15) is 0 Å². The molecule has 29 heavy (non-hydrogen) atoms. The summed E-state index contributed by atoms with van der Waals surface area (Å²) >= 11 is 0. The Labute approximate surface area is 171 Å². The number of hydrogen-bond acceptors (Lipinski definition) is 4. The number of rotatable bonds is 5. The predicted molar refractivity (Wildman–Crippen MR) is 110 cm³/mol. The van der Waals surface area contributed by atoms with Crippen molar-refractivity contribution in [1.82, 2.24) is 15.1 Å². The molecule has 2 unspecified atom stereocenters. The van der Waals surface area contributed by atoms with E-state index < -0.39 is 0 Å². The van der Waals surface area contributed by atoms with Crippen LogP contribution in [0.5, 0.6) is 0 Å². The SMILES string of the molecule is CCC(C)N1C(=O)C(Cc2ccccc2)NC12CCN(C(=O)c1ccco1)CC2. The summed E-state index contributed by atoms with van der Waals surface area (Å²) in [6.07, 6.45) is 4.56. The fourth-order valence-electron chi connectivity index (χ4n) is 4.67. The smallest absolute Gasteiger partial charge is 0.289 e. The largest absolute Gasteiger partial charge is 0.459 e. The molecule has 2 aliphatic rings. The van der Waals surface area contributed by atoms with E-state index in [1.807, 2.05) is 23.1 Å². The van der Waals surface area contributed by atoms with E-state index in [1.54, 1.807) is 12.1 Å². The zero-order valence-electron chi connectivity index (χ0n) is 17.1. The fraction of sp³-hybridized carbons (Fsp3) is 0.478. The summed E-state index contributed by atoms with van der Waals surface area (Å²) in [6, 6.07) is 13.5. The zero-order valence-corrected chi connectivity index (χ0v) is 17.1. The molecule has 2 fully saturated rings. The highest BCUT2D eigenvalue weighted by Crippen LogP contribution is 2.36. The van der Waals surface area contributed by atoms with Gasteiger partial charge in [-0.1, -0.05) is 37.3 Å². The molecule has 0 bridgehead atoms. The maximum Gasteiger partial charge on any atom is 0.289 e. The van der Waals surface area contributed by atoms with Crippen LogP contribution in [0.3, 0.4) is 0 Å². The lowest BCUT2D eigenvalue weighted by molar-refractivity contribution is -0.136. The van der Waals surface area contributed by atoms with E-state index >= 15 is 0 Å². The van der Waals surface area contributed by atoms with E-state index in [0.29, 0.717) is 25.3 Å². The Balaban J connectivity index is 1.51. The Morgan fingerprint density at radius 3 is 2.55 bits per heavy atom. The summed E-state index contributed by atoms with van der Waals surface area (Å²) in [7, 11) is 0. The van der Waals surface area contributed by atoms with Crippen LogP contribution in [0.25, 0.3) is 0 Å². The van der Waals surface area contributed by atoms with Gasteiger partial charge in [0, 0.05) is 32.0 Å². The highest BCUT2D eigenvalue weighted by atomic mass is 16.3. The average molecular weight is 396 g/mol. The molecule has 2 amide bonds. The quantitative estimate of drug-likeness (QED) is 0.845. The number of carbonyl (C=O) groups is 2. The highest BCUT2D eigenvalue weighted by Gasteiger charge is 2.53. The van der Waals surface area contributed by atoms with Gasteiger partial charge in [-0.2, -0.15) is 0 Å². The van der Waals surface area contributed by atoms with Crippen LogP contribution in [0.1, 0.15) is 49.2 Å². The lowest BCUT2D eigenvalue weighted by Crippen LogP contribution is -2.61. The van der Waals surface area contributed by atoms with Crippen molar-refractivity contribution in [2.24, 2.45) is 0 Å². The maximum absolute atomic E-state index is 13.4. The number of hydrogen-bond donors (Lipinski definition) is 1. The molecule has 2 saturated heterocycles. The Bertz CT molecular complexity index is 842. The first-order valence-electron chi connectivity index (χ1n) is 10.5. The van der Waals surface area contributed by atoms with Gasteiger partial charge in [-0.15, -0.1) is 0 Å². The minimum Gasteiger partial charge on any atom is -0.459 e. The van der Waals surface area contributed by atoms with Crippen molar-refractivity contribution in [2.75, 3.05) is 13.1 Å². The topological polar surface area (TPSA) is 65.8 Å². The molecule has 2 atom stereocenters. The molecule has 1 N–H and O–H groups in total. The highest BCUT2D eigenvalue weighted by molar-refractivity contribution is 5.91. The number of amides is 2. The minimum atomic E-state index is -0.383. The van der Waals surface area contributed by atoms with Gasteiger partial charge in [0.25, 0.3) is 5.91 Å². The molecule has 154 valence electrons. The molecule has 1 spiro atoms. The number of nitrogens with one attached hydrogen (secondary N) is 1. The monoisotopic (exact) mass is 395 g/mol. The lowest BCUT2D eigenvalue weighted by atomic mass is 9.94. The maximum atomic E-state index is 13.4. The zero-order chi connectivity index (χ0) is 20.4. The van der Waals surface area contributed by atoms with E-state index in [-0.39, 0.29) is 29.6 Å². The molecule has 2 aromatic rings. The first kappa shape index (κ1) is 19.7. The summed E-state index contributed by atoms with van der Waals surface area (Å²) in [5.41, 5.74) is 0.774. The second kappa shape index (κ2) is 8.03. The number of carbonyl (C=O) groups excluding carboxylic acids is 2. The number of benzene rings is 1. The van der Waals surface area contributed by atoms with Crippen LogP contribution in [0.15, 0.2) is 53.1 Å². The Morgan fingerprint density at radius 2 is 1.93 bits per heavy atom. The molecular formula is C23H29N3O3. The van der Waals surface area contributed by atoms with Crippen LogP contribution in [0, 0.1) is 0 Å². The van der Waals surface area contributed by atoms with Gasteiger partial charge >= 0.3 is 0 Å². The van der Waals surface area contributed by atoms with Gasteiger partial charge in [0.15, 0.2) is 5.76 Å². The number of likely N-dealkylation sites (tertiary alicyclic amines) is 1. The first-order chi connectivity index (χ1) is 14.0. The summed E-state index contributed by atoms with van der Waals surface area (Å²) in [5, 5.41) is 3.68. The van der Waals surface area contributed by atoms with E-state index in [9.17, 15) is 9.59 Å². The number of furan rings is 1. The molecule has 0 radical (unpaired) electrons. The third-order valence-corrected chi connectivity index (χ3v) is 6.36. The molecule has 2 aliphatic heterocycles. The summed E-state index contributed by atoms with van der Waals surface area (Å²) in [5.74, 6) is 0.469. The summed E-state index contributed by atoms with van der Waals surface area (Å²) < 4.78 is 5.27. The number of nitrogens with zero attached hydrogens (tertiary/aromatic N) is 2. The van der Waals surface area contributed by atoms with Crippen LogP contribution in [-0.4, -0.2) is 52.5 Å². The van der Waals surface area contributed by atoms with Crippen molar-refractivity contribution in [3.05, 3.63) is 60.1 Å².